The topological polar surface area (TPSA) is 87.9 Å². The summed E-state index contributed by atoms with van der Waals surface area (Å²) in [6, 6.07) is 8.78. The number of carbonyl (C=O) groups is 1. The van der Waals surface area contributed by atoms with Crippen LogP contribution in [0.2, 0.25) is 10.0 Å². The molecule has 0 atom stereocenters. The van der Waals surface area contributed by atoms with Crippen molar-refractivity contribution < 1.29 is 4.79 Å². The Morgan fingerprint density at radius 2 is 2.06 bits per heavy atom. The minimum atomic E-state index is -0.0153. The Kier molecular flexibility index (Phi) is 5.85. The van der Waals surface area contributed by atoms with Gasteiger partial charge in [0.15, 0.2) is 5.82 Å². The van der Waals surface area contributed by atoms with Crippen LogP contribution in [0.25, 0.3) is 37.1 Å². The largest absolute Gasteiger partial charge is 0.327 e. The van der Waals surface area contributed by atoms with Gasteiger partial charge in [0.25, 0.3) is 0 Å². The van der Waals surface area contributed by atoms with Crippen molar-refractivity contribution in [3.63, 3.8) is 0 Å². The van der Waals surface area contributed by atoms with Crippen molar-refractivity contribution in [2.75, 3.05) is 5.32 Å². The molecule has 1 aliphatic carbocycles. The average Bonchev–Trinajstić information content (AvgIpc) is 3.40. The van der Waals surface area contributed by atoms with Crippen LogP contribution in [-0.4, -0.2) is 26.1 Å². The third-order valence-corrected chi connectivity index (χ3v) is 7.36. The number of amides is 1. The molecule has 5 rings (SSSR count). The van der Waals surface area contributed by atoms with Crippen molar-refractivity contribution in [2.24, 2.45) is 5.92 Å². The van der Waals surface area contributed by atoms with E-state index in [1.54, 1.807) is 30.5 Å². The molecule has 1 aromatic carbocycles. The number of halogens is 2. The number of pyridine rings is 1. The van der Waals surface area contributed by atoms with Crippen LogP contribution < -0.4 is 5.32 Å². The molecule has 3 aromatic heterocycles. The van der Waals surface area contributed by atoms with Gasteiger partial charge in [-0.1, -0.05) is 35.7 Å². The molecule has 3 heterocycles. The second kappa shape index (κ2) is 8.94. The smallest absolute Gasteiger partial charge is 0.228 e. The molecule has 1 aliphatic rings. The van der Waals surface area contributed by atoms with E-state index in [1.165, 1.54) is 17.7 Å². The number of aromatic nitrogens is 4. The maximum absolute atomic E-state index is 12.4. The van der Waals surface area contributed by atoms with E-state index in [0.717, 1.165) is 34.6 Å². The van der Waals surface area contributed by atoms with Crippen molar-refractivity contribution in [3.05, 3.63) is 64.3 Å². The van der Waals surface area contributed by atoms with Gasteiger partial charge in [-0.3, -0.25) is 4.79 Å². The number of benzene rings is 1. The molecule has 10 heteroatoms. The van der Waals surface area contributed by atoms with Crippen molar-refractivity contribution in [2.45, 2.75) is 19.3 Å². The van der Waals surface area contributed by atoms with Crippen LogP contribution >= 0.6 is 34.5 Å². The first-order valence-corrected chi connectivity index (χ1v) is 11.8. The number of nitrogens with zero attached hydrogens (tertiary/aromatic N) is 4. The molecule has 2 N–H and O–H groups in total. The first-order chi connectivity index (χ1) is 16.0. The van der Waals surface area contributed by atoms with Gasteiger partial charge >= 0.3 is 0 Å². The number of nitrogens with one attached hydrogen (secondary N) is 2. The molecule has 0 spiro atoms. The van der Waals surface area contributed by atoms with Gasteiger partial charge in [0.05, 0.1) is 11.4 Å². The van der Waals surface area contributed by atoms with Crippen molar-refractivity contribution in [3.8, 4) is 32.3 Å². The molecule has 4 aromatic rings. The zero-order valence-electron chi connectivity index (χ0n) is 17.1. The Morgan fingerprint density at radius 3 is 2.73 bits per heavy atom. The summed E-state index contributed by atoms with van der Waals surface area (Å²) in [4.78, 5) is 25.0. The highest BCUT2D eigenvalue weighted by molar-refractivity contribution is 7.20. The lowest BCUT2D eigenvalue weighted by Gasteiger charge is -2.23. The summed E-state index contributed by atoms with van der Waals surface area (Å²) in [6.07, 6.45) is 6.01. The number of hydrogen-bond donors (Lipinski definition) is 2. The number of anilines is 1. The van der Waals surface area contributed by atoms with Gasteiger partial charge in [-0.25, -0.2) is 9.83 Å². The van der Waals surface area contributed by atoms with E-state index in [2.05, 4.69) is 30.3 Å². The minimum absolute atomic E-state index is 0.0153. The summed E-state index contributed by atoms with van der Waals surface area (Å²) in [7, 11) is 0. The Labute approximate surface area is 203 Å². The fraction of sp³-hybridized carbons (Fsp3) is 0.174. The molecule has 1 saturated carbocycles. The third kappa shape index (κ3) is 4.11. The Morgan fingerprint density at radius 1 is 1.21 bits per heavy atom. The highest BCUT2D eigenvalue weighted by atomic mass is 35.5. The van der Waals surface area contributed by atoms with Gasteiger partial charge in [0.1, 0.15) is 12.1 Å². The lowest BCUT2D eigenvalue weighted by molar-refractivity contribution is -0.122. The number of aromatic amines is 1. The average molecular weight is 495 g/mol. The number of thiophene rings is 1. The fourth-order valence-corrected chi connectivity index (χ4v) is 5.39. The number of carbonyl (C=O) groups excluding carboxylic acids is 1. The minimum Gasteiger partial charge on any atom is -0.327 e. The lowest BCUT2D eigenvalue weighted by Crippen LogP contribution is -2.28. The number of hydrogen-bond acceptors (Lipinski definition) is 5. The van der Waals surface area contributed by atoms with Crippen molar-refractivity contribution in [1.82, 2.24) is 20.2 Å². The van der Waals surface area contributed by atoms with Crippen LogP contribution in [0.15, 0.2) is 42.9 Å². The Bertz CT molecular complexity index is 1390. The Balaban J connectivity index is 1.64. The standard InChI is InChI=1S/C23H16Cl2N6OS/c1-26-19-18(15-6-5-14(24)10-16(15)25)21(22-28-11-29-31-22)33-20(19)13-7-8-27-17(9-13)30-23(32)12-3-2-4-12/h5-12H,2-4H2,(H,27,30,32)(H,28,29,31). The number of rotatable bonds is 5. The fourth-order valence-electron chi connectivity index (χ4n) is 3.69. The normalized spacial score (nSPS) is 13.4. The molecular formula is C23H16Cl2N6OS. The second-order valence-electron chi connectivity index (χ2n) is 7.60. The van der Waals surface area contributed by atoms with Gasteiger partial charge in [-0.05, 0) is 48.2 Å². The zero-order valence-corrected chi connectivity index (χ0v) is 19.4. The summed E-state index contributed by atoms with van der Waals surface area (Å²) in [5.74, 6) is 1.02. The maximum atomic E-state index is 12.4. The van der Waals surface area contributed by atoms with E-state index >= 15 is 0 Å². The molecule has 1 amide bonds. The molecule has 0 bridgehead atoms. The predicted octanol–water partition coefficient (Wildman–Crippen LogP) is 6.86. The molecular weight excluding hydrogens is 479 g/mol. The summed E-state index contributed by atoms with van der Waals surface area (Å²) in [6.45, 7) is 7.96. The monoisotopic (exact) mass is 494 g/mol. The molecule has 33 heavy (non-hydrogen) atoms. The molecule has 0 radical (unpaired) electrons. The maximum Gasteiger partial charge on any atom is 0.228 e. The van der Waals surface area contributed by atoms with E-state index in [9.17, 15) is 4.79 Å². The molecule has 0 saturated heterocycles. The zero-order chi connectivity index (χ0) is 22.9. The van der Waals surface area contributed by atoms with Crippen LogP contribution in [0.4, 0.5) is 11.5 Å². The molecule has 0 unspecified atom stereocenters. The summed E-state index contributed by atoms with van der Waals surface area (Å²) < 4.78 is 0. The van der Waals surface area contributed by atoms with Gasteiger partial charge < -0.3 is 10.3 Å². The second-order valence-corrected chi connectivity index (χ2v) is 9.47. The first-order valence-electron chi connectivity index (χ1n) is 10.2. The van der Waals surface area contributed by atoms with Crippen LogP contribution in [0.5, 0.6) is 0 Å². The van der Waals surface area contributed by atoms with Crippen molar-refractivity contribution in [1.29, 1.82) is 0 Å². The quantitative estimate of drug-likeness (QED) is 0.296. The summed E-state index contributed by atoms with van der Waals surface area (Å²) in [5, 5.41) is 11.9. The van der Waals surface area contributed by atoms with E-state index in [1.807, 2.05) is 6.07 Å². The van der Waals surface area contributed by atoms with Gasteiger partial charge in [0, 0.05) is 32.6 Å². The molecule has 7 nitrogen and oxygen atoms in total. The predicted molar refractivity (Wildman–Crippen MR) is 131 cm³/mol. The van der Waals surface area contributed by atoms with E-state index < -0.39 is 0 Å². The van der Waals surface area contributed by atoms with Gasteiger partial charge in [-0.2, -0.15) is 0 Å². The summed E-state index contributed by atoms with van der Waals surface area (Å²) >= 11 is 14.0. The van der Waals surface area contributed by atoms with E-state index in [4.69, 9.17) is 29.8 Å². The van der Waals surface area contributed by atoms with E-state index in [-0.39, 0.29) is 11.8 Å². The van der Waals surface area contributed by atoms with Crippen LogP contribution in [-0.2, 0) is 4.79 Å². The highest BCUT2D eigenvalue weighted by Gasteiger charge is 2.27. The van der Waals surface area contributed by atoms with Crippen LogP contribution in [0.1, 0.15) is 19.3 Å². The highest BCUT2D eigenvalue weighted by Crippen LogP contribution is 2.53. The lowest BCUT2D eigenvalue weighted by atomic mass is 9.85. The molecule has 1 fully saturated rings. The Hall–Kier alpha value is -3.25. The van der Waals surface area contributed by atoms with Crippen molar-refractivity contribution >= 4 is 52.0 Å². The third-order valence-electron chi connectivity index (χ3n) is 5.58. The van der Waals surface area contributed by atoms with Crippen LogP contribution in [0, 0.1) is 12.5 Å². The van der Waals surface area contributed by atoms with E-state index in [0.29, 0.717) is 38.5 Å². The summed E-state index contributed by atoms with van der Waals surface area (Å²) in [5.41, 5.74) is 2.52. The van der Waals surface area contributed by atoms with Gasteiger partial charge in [-0.15, -0.1) is 21.5 Å². The van der Waals surface area contributed by atoms with Crippen LogP contribution in [0.3, 0.4) is 0 Å². The number of H-pyrrole nitrogens is 1. The molecule has 164 valence electrons. The van der Waals surface area contributed by atoms with Gasteiger partial charge in [0.2, 0.25) is 11.6 Å². The molecule has 0 aliphatic heterocycles. The first kappa shape index (κ1) is 21.6. The SMILES string of the molecule is [C-]#[N+]c1c(-c2ccnc(NC(=O)C3CCC3)c2)sc(-c2nnc[nH]2)c1-c1ccc(Cl)cc1Cl.